The zero-order valence-corrected chi connectivity index (χ0v) is 13.6. The Labute approximate surface area is 135 Å². The summed E-state index contributed by atoms with van der Waals surface area (Å²) in [5, 5.41) is 10.5. The number of anilines is 1. The number of nitrogen functional groups attached to an aromatic ring is 1. The van der Waals surface area contributed by atoms with E-state index in [4.69, 9.17) is 31.3 Å². The standard InChI is InChI=1S/C10H12N5O4PS2/c11-8-5-9(13-2-12-8)15(3-14-5)10-6(16)7-4(18-10)1-17-20(21,22)19-7/h2-4,6-7,10,16H,1H2,(H,21,22)(H2,11,12,13). The van der Waals surface area contributed by atoms with Gasteiger partial charge in [-0.15, -0.1) is 0 Å². The van der Waals surface area contributed by atoms with Crippen LogP contribution in [0.1, 0.15) is 6.23 Å². The molecule has 2 aliphatic rings. The molecule has 22 heavy (non-hydrogen) atoms. The van der Waals surface area contributed by atoms with Crippen molar-refractivity contribution < 1.29 is 18.9 Å². The minimum Gasteiger partial charge on any atom is -0.386 e. The summed E-state index contributed by atoms with van der Waals surface area (Å²) < 4.78 is 18.4. The third kappa shape index (κ3) is 2.24. The van der Waals surface area contributed by atoms with Gasteiger partial charge in [0.25, 0.3) is 0 Å². The lowest BCUT2D eigenvalue weighted by atomic mass is 10.1. The molecule has 5 unspecified atom stereocenters. The van der Waals surface area contributed by atoms with Crippen LogP contribution in [0.15, 0.2) is 12.7 Å². The van der Waals surface area contributed by atoms with Gasteiger partial charge in [-0.1, -0.05) is 12.2 Å². The minimum atomic E-state index is -2.64. The number of hydrogen-bond acceptors (Lipinski definition) is 9. The molecule has 2 aliphatic heterocycles. The molecule has 0 aromatic carbocycles. The van der Waals surface area contributed by atoms with E-state index in [1.807, 2.05) is 0 Å². The van der Waals surface area contributed by atoms with Crippen LogP contribution in [0.25, 0.3) is 11.2 Å². The maximum Gasteiger partial charge on any atom is 0.244 e. The first-order chi connectivity index (χ1) is 10.5. The summed E-state index contributed by atoms with van der Waals surface area (Å²) in [4.78, 5) is 12.2. The fraction of sp³-hybridized carbons (Fsp3) is 0.500. The fourth-order valence-corrected chi connectivity index (χ4v) is 4.59. The molecule has 12 heteroatoms. The highest BCUT2D eigenvalue weighted by molar-refractivity contribution is 8.60. The number of hydrogen-bond donors (Lipinski definition) is 3. The molecule has 2 aromatic heterocycles. The summed E-state index contributed by atoms with van der Waals surface area (Å²) in [6.45, 7) is 0.225. The van der Waals surface area contributed by atoms with Crippen molar-refractivity contribution in [1.29, 1.82) is 0 Å². The average molecular weight is 361 g/mol. The van der Waals surface area contributed by atoms with Gasteiger partial charge in [-0.25, -0.2) is 15.0 Å². The number of aliphatic hydroxyl groups is 1. The quantitative estimate of drug-likeness (QED) is 0.485. The van der Waals surface area contributed by atoms with E-state index in [1.165, 1.54) is 12.7 Å². The Kier molecular flexibility index (Phi) is 3.42. The molecule has 9 nitrogen and oxygen atoms in total. The van der Waals surface area contributed by atoms with Crippen molar-refractivity contribution in [2.45, 2.75) is 24.5 Å². The number of fused-ring (bicyclic) bond motifs is 2. The first-order valence-electron chi connectivity index (χ1n) is 6.38. The first kappa shape index (κ1) is 14.8. The number of ether oxygens (including phenoxy) is 1. The number of nitrogens with two attached hydrogens (primary N) is 1. The third-order valence-corrected chi connectivity index (χ3v) is 5.82. The van der Waals surface area contributed by atoms with E-state index in [1.54, 1.807) is 4.57 Å². The van der Waals surface area contributed by atoms with Crippen molar-refractivity contribution >= 4 is 46.7 Å². The van der Waals surface area contributed by atoms with Crippen LogP contribution in [0, 0.1) is 0 Å². The number of rotatable bonds is 1. The van der Waals surface area contributed by atoms with Crippen LogP contribution in [0.4, 0.5) is 5.82 Å². The van der Waals surface area contributed by atoms with Gasteiger partial charge in [-0.2, -0.15) is 0 Å². The molecule has 0 bridgehead atoms. The highest BCUT2D eigenvalue weighted by Crippen LogP contribution is 2.59. The Morgan fingerprint density at radius 3 is 3.09 bits per heavy atom. The largest absolute Gasteiger partial charge is 0.386 e. The maximum absolute atomic E-state index is 10.5. The van der Waals surface area contributed by atoms with Crippen LogP contribution in [0.5, 0.6) is 0 Å². The van der Waals surface area contributed by atoms with E-state index < -0.39 is 30.2 Å². The van der Waals surface area contributed by atoms with Gasteiger partial charge in [0.15, 0.2) is 17.7 Å². The van der Waals surface area contributed by atoms with Gasteiger partial charge in [-0.05, 0) is 11.8 Å². The Balaban J connectivity index is 1.71. The fourth-order valence-electron chi connectivity index (χ4n) is 2.62. The van der Waals surface area contributed by atoms with Gasteiger partial charge < -0.3 is 24.6 Å². The van der Waals surface area contributed by atoms with Gasteiger partial charge in [-0.3, -0.25) is 4.57 Å². The zero-order chi connectivity index (χ0) is 15.5. The minimum absolute atomic E-state index is 0.225. The average Bonchev–Trinajstić information content (AvgIpc) is 3.01. The van der Waals surface area contributed by atoms with Crippen LogP contribution in [-0.2, 0) is 25.6 Å². The van der Waals surface area contributed by atoms with Crippen molar-refractivity contribution in [2.75, 3.05) is 12.3 Å². The second kappa shape index (κ2) is 5.10. The Morgan fingerprint density at radius 2 is 2.27 bits per heavy atom. The Bertz CT molecular complexity index is 788. The third-order valence-electron chi connectivity index (χ3n) is 3.63. The molecular formula is C10H12N5O4PS2. The van der Waals surface area contributed by atoms with Crippen LogP contribution in [0.3, 0.4) is 0 Å². The van der Waals surface area contributed by atoms with E-state index in [2.05, 4.69) is 27.2 Å². The smallest absolute Gasteiger partial charge is 0.244 e. The van der Waals surface area contributed by atoms with Gasteiger partial charge in [0.05, 0.1) is 12.9 Å². The first-order valence-corrected chi connectivity index (χ1v) is 10.2. The van der Waals surface area contributed by atoms with Crippen molar-refractivity contribution in [3.8, 4) is 0 Å². The van der Waals surface area contributed by atoms with Crippen LogP contribution in [0.2, 0.25) is 0 Å². The highest BCUT2D eigenvalue weighted by Gasteiger charge is 2.50. The summed E-state index contributed by atoms with van der Waals surface area (Å²) in [7, 11) is 0. The molecule has 3 N–H and O–H groups in total. The van der Waals surface area contributed by atoms with Gasteiger partial charge in [0.2, 0.25) is 5.69 Å². The van der Waals surface area contributed by atoms with Crippen molar-refractivity contribution in [3.05, 3.63) is 12.7 Å². The predicted molar refractivity (Wildman–Crippen MR) is 83.7 cm³/mol. The number of aromatic nitrogens is 4. The molecule has 0 amide bonds. The van der Waals surface area contributed by atoms with Crippen LogP contribution >= 0.6 is 17.9 Å². The molecule has 0 aliphatic carbocycles. The zero-order valence-electron chi connectivity index (χ0n) is 11.0. The molecule has 2 aromatic rings. The lowest BCUT2D eigenvalue weighted by Gasteiger charge is -2.31. The van der Waals surface area contributed by atoms with Crippen molar-refractivity contribution in [3.63, 3.8) is 0 Å². The molecular weight excluding hydrogens is 349 g/mol. The summed E-state index contributed by atoms with van der Waals surface area (Å²) in [6.07, 6.45) is 0.130. The maximum atomic E-state index is 10.5. The summed E-state index contributed by atoms with van der Waals surface area (Å²) >= 11 is 9.29. The molecule has 4 rings (SSSR count). The van der Waals surface area contributed by atoms with Crippen LogP contribution < -0.4 is 5.73 Å². The Morgan fingerprint density at radius 1 is 1.45 bits per heavy atom. The molecule has 2 fully saturated rings. The van der Waals surface area contributed by atoms with Crippen LogP contribution in [-0.4, -0.2) is 49.5 Å². The van der Waals surface area contributed by atoms with E-state index in [9.17, 15) is 5.11 Å². The summed E-state index contributed by atoms with van der Waals surface area (Å²) in [5.41, 5.74) is 4.05. The molecule has 0 radical (unpaired) electrons. The topological polar surface area (TPSA) is 118 Å². The molecule has 0 saturated carbocycles. The van der Waals surface area contributed by atoms with Gasteiger partial charge in [0, 0.05) is 0 Å². The highest BCUT2D eigenvalue weighted by atomic mass is 32.9. The molecule has 5 atom stereocenters. The second-order valence-electron chi connectivity index (χ2n) is 4.97. The monoisotopic (exact) mass is 361 g/mol. The van der Waals surface area contributed by atoms with E-state index in [0.29, 0.717) is 11.2 Å². The van der Waals surface area contributed by atoms with Crippen molar-refractivity contribution in [1.82, 2.24) is 19.5 Å². The lowest BCUT2D eigenvalue weighted by molar-refractivity contribution is -0.0528. The normalized spacial score (nSPS) is 38.3. The van der Waals surface area contributed by atoms with E-state index >= 15 is 0 Å². The second-order valence-corrected chi connectivity index (χ2v) is 10.2. The molecule has 118 valence electrons. The molecule has 4 heterocycles. The molecule has 2 saturated heterocycles. The Hall–Kier alpha value is -0.810. The molecule has 0 spiro atoms. The number of aliphatic hydroxyl groups excluding tert-OH is 1. The van der Waals surface area contributed by atoms with E-state index in [0.717, 1.165) is 0 Å². The van der Waals surface area contributed by atoms with Crippen molar-refractivity contribution in [2.24, 2.45) is 0 Å². The summed E-state index contributed by atoms with van der Waals surface area (Å²) in [5.74, 6) is 0.263. The van der Waals surface area contributed by atoms with Gasteiger partial charge in [0.1, 0.15) is 30.2 Å². The van der Waals surface area contributed by atoms with E-state index in [-0.39, 0.29) is 12.4 Å². The summed E-state index contributed by atoms with van der Waals surface area (Å²) in [6, 6.07) is 0. The number of imidazole rings is 1. The number of nitrogens with zero attached hydrogens (tertiary/aromatic N) is 4. The van der Waals surface area contributed by atoms with Gasteiger partial charge >= 0.3 is 0 Å². The SMILES string of the molecule is Nc1ncnc2c1ncn2C1OC2COP(=S)(S)OC2C1O. The predicted octanol–water partition coefficient (Wildman–Crippen LogP) is 0.236. The number of thiol groups is 1. The lowest BCUT2D eigenvalue weighted by Crippen LogP contribution is -2.38.